The molecule has 0 atom stereocenters. The summed E-state index contributed by atoms with van der Waals surface area (Å²) < 4.78 is 5.53. The molecule has 0 bridgehead atoms. The molecular weight excluding hydrogens is 250 g/mol. The van der Waals surface area contributed by atoms with Crippen molar-refractivity contribution in [3.8, 4) is 0 Å². The number of nitrogens with zero attached hydrogens (tertiary/aromatic N) is 2. The molecule has 0 saturated heterocycles. The van der Waals surface area contributed by atoms with E-state index in [2.05, 4.69) is 50.1 Å². The van der Waals surface area contributed by atoms with E-state index in [4.69, 9.17) is 4.74 Å². The summed E-state index contributed by atoms with van der Waals surface area (Å²) in [5.41, 5.74) is 0.444. The Kier molecular flexibility index (Phi) is 8.03. The second kappa shape index (κ2) is 8.98. The maximum Gasteiger partial charge on any atom is 0.0518 e. The van der Waals surface area contributed by atoms with Crippen molar-refractivity contribution in [3.63, 3.8) is 0 Å². The predicted molar refractivity (Wildman–Crippen MR) is 86.3 cm³/mol. The fraction of sp³-hybridized carbons (Fsp3) is 1.00. The van der Waals surface area contributed by atoms with Crippen LogP contribution in [-0.2, 0) is 4.74 Å². The molecule has 1 aliphatic rings. The molecule has 0 unspecified atom stereocenters. The molecule has 0 aromatic heterocycles. The predicted octanol–water partition coefficient (Wildman–Crippen LogP) is 1.81. The van der Waals surface area contributed by atoms with Gasteiger partial charge in [0.2, 0.25) is 0 Å². The number of ether oxygens (including phenoxy) is 1. The lowest BCUT2D eigenvalue weighted by Gasteiger charge is -2.49. The average molecular weight is 285 g/mol. The Labute approximate surface area is 125 Å². The summed E-state index contributed by atoms with van der Waals surface area (Å²) in [5, 5.41) is 3.51. The Balaban J connectivity index is 2.01. The summed E-state index contributed by atoms with van der Waals surface area (Å²) in [6, 6.07) is 0. The van der Waals surface area contributed by atoms with E-state index in [0.29, 0.717) is 11.6 Å². The summed E-state index contributed by atoms with van der Waals surface area (Å²) >= 11 is 0. The number of likely N-dealkylation sites (N-methyl/N-ethyl adjacent to an activating group) is 2. The summed E-state index contributed by atoms with van der Waals surface area (Å²) in [5.74, 6) is 0. The summed E-state index contributed by atoms with van der Waals surface area (Å²) in [6.45, 7) is 9.48. The van der Waals surface area contributed by atoms with Crippen molar-refractivity contribution in [2.24, 2.45) is 0 Å². The fourth-order valence-electron chi connectivity index (χ4n) is 2.82. The van der Waals surface area contributed by atoms with Crippen molar-refractivity contribution in [1.82, 2.24) is 15.1 Å². The van der Waals surface area contributed by atoms with Gasteiger partial charge in [-0.2, -0.15) is 0 Å². The molecule has 20 heavy (non-hydrogen) atoms. The van der Waals surface area contributed by atoms with E-state index in [1.165, 1.54) is 25.8 Å². The highest BCUT2D eigenvalue weighted by molar-refractivity contribution is 4.97. The smallest absolute Gasteiger partial charge is 0.0518 e. The van der Waals surface area contributed by atoms with Crippen LogP contribution in [0.2, 0.25) is 0 Å². The first-order valence-corrected chi connectivity index (χ1v) is 8.14. The molecular formula is C16H35N3O. The Bertz CT molecular complexity index is 252. The summed E-state index contributed by atoms with van der Waals surface area (Å²) in [4.78, 5) is 4.89. The van der Waals surface area contributed by atoms with Gasteiger partial charge >= 0.3 is 0 Å². The van der Waals surface area contributed by atoms with E-state index in [-0.39, 0.29) is 0 Å². The molecule has 1 rings (SSSR count). The topological polar surface area (TPSA) is 27.7 Å². The van der Waals surface area contributed by atoms with E-state index in [9.17, 15) is 0 Å². The van der Waals surface area contributed by atoms with Gasteiger partial charge in [0.15, 0.2) is 0 Å². The molecule has 1 aliphatic carbocycles. The third-order valence-electron chi connectivity index (χ3n) is 4.42. The highest BCUT2D eigenvalue weighted by Gasteiger charge is 2.39. The molecule has 0 aromatic rings. The molecule has 120 valence electrons. The van der Waals surface area contributed by atoms with Crippen LogP contribution >= 0.6 is 0 Å². The van der Waals surface area contributed by atoms with Gasteiger partial charge in [-0.05, 0) is 67.2 Å². The molecule has 4 heteroatoms. The van der Waals surface area contributed by atoms with Crippen molar-refractivity contribution in [2.75, 3.05) is 53.9 Å². The third kappa shape index (κ3) is 6.08. The number of nitrogens with one attached hydrogen (secondary N) is 1. The molecule has 1 N–H and O–H groups in total. The lowest BCUT2D eigenvalue weighted by Crippen LogP contribution is -2.57. The Morgan fingerprint density at radius 2 is 1.85 bits per heavy atom. The van der Waals surface area contributed by atoms with Crippen molar-refractivity contribution in [3.05, 3.63) is 0 Å². The molecule has 0 aliphatic heterocycles. The largest absolute Gasteiger partial charge is 0.379 e. The zero-order chi connectivity index (χ0) is 15.0. The minimum atomic E-state index is 0.353. The highest BCUT2D eigenvalue weighted by atomic mass is 16.5. The van der Waals surface area contributed by atoms with Gasteiger partial charge in [0.05, 0.1) is 6.10 Å². The fourth-order valence-corrected chi connectivity index (χ4v) is 2.82. The normalized spacial score (nSPS) is 18.0. The molecule has 1 fully saturated rings. The van der Waals surface area contributed by atoms with Gasteiger partial charge in [-0.15, -0.1) is 0 Å². The number of hydrogen-bond acceptors (Lipinski definition) is 4. The summed E-state index contributed by atoms with van der Waals surface area (Å²) in [6.07, 6.45) is 5.55. The molecule has 0 spiro atoms. The van der Waals surface area contributed by atoms with Gasteiger partial charge in [0.25, 0.3) is 0 Å². The molecule has 4 nitrogen and oxygen atoms in total. The number of rotatable bonds is 11. The van der Waals surface area contributed by atoms with Crippen molar-refractivity contribution in [1.29, 1.82) is 0 Å². The second-order valence-electron chi connectivity index (χ2n) is 6.73. The van der Waals surface area contributed by atoms with Crippen molar-refractivity contribution in [2.45, 2.75) is 51.2 Å². The molecule has 0 amide bonds. The molecule has 0 radical (unpaired) electrons. The first-order chi connectivity index (χ1) is 9.46. The molecule has 0 aromatic carbocycles. The minimum Gasteiger partial charge on any atom is -0.379 e. The van der Waals surface area contributed by atoms with E-state index >= 15 is 0 Å². The van der Waals surface area contributed by atoms with E-state index in [1.54, 1.807) is 0 Å². The zero-order valence-electron chi connectivity index (χ0n) is 14.2. The Hall–Kier alpha value is -0.160. The molecule has 1 saturated carbocycles. The van der Waals surface area contributed by atoms with Crippen LogP contribution in [0.5, 0.6) is 0 Å². The van der Waals surface area contributed by atoms with E-state index in [1.807, 2.05) is 0 Å². The lowest BCUT2D eigenvalue weighted by atomic mass is 9.75. The summed E-state index contributed by atoms with van der Waals surface area (Å²) in [7, 11) is 6.69. The number of hydrogen-bond donors (Lipinski definition) is 1. The maximum atomic E-state index is 5.53. The second-order valence-corrected chi connectivity index (χ2v) is 6.73. The monoisotopic (exact) mass is 285 g/mol. The van der Waals surface area contributed by atoms with Crippen LogP contribution in [0.1, 0.15) is 39.5 Å². The first kappa shape index (κ1) is 17.9. The SMILES string of the molecule is CC(C)OCCCNCCN(C)CC1(N(C)C)CCC1. The molecule has 0 heterocycles. The van der Waals surface area contributed by atoms with Crippen LogP contribution in [-0.4, -0.2) is 75.4 Å². The van der Waals surface area contributed by atoms with Crippen LogP contribution in [0.4, 0.5) is 0 Å². The Morgan fingerprint density at radius 1 is 1.15 bits per heavy atom. The van der Waals surface area contributed by atoms with E-state index in [0.717, 1.165) is 32.7 Å². The van der Waals surface area contributed by atoms with Crippen LogP contribution in [0.25, 0.3) is 0 Å². The van der Waals surface area contributed by atoms with Crippen LogP contribution in [0.15, 0.2) is 0 Å². The lowest BCUT2D eigenvalue weighted by molar-refractivity contribution is 0.0281. The minimum absolute atomic E-state index is 0.353. The van der Waals surface area contributed by atoms with Gasteiger partial charge in [0, 0.05) is 31.8 Å². The van der Waals surface area contributed by atoms with Gasteiger partial charge in [-0.1, -0.05) is 0 Å². The van der Waals surface area contributed by atoms with Gasteiger partial charge in [-0.3, -0.25) is 0 Å². The van der Waals surface area contributed by atoms with E-state index < -0.39 is 0 Å². The van der Waals surface area contributed by atoms with Crippen molar-refractivity contribution >= 4 is 0 Å². The first-order valence-electron chi connectivity index (χ1n) is 8.14. The van der Waals surface area contributed by atoms with Crippen molar-refractivity contribution < 1.29 is 4.74 Å². The Morgan fingerprint density at radius 3 is 2.35 bits per heavy atom. The third-order valence-corrected chi connectivity index (χ3v) is 4.42. The van der Waals surface area contributed by atoms with Crippen LogP contribution in [0, 0.1) is 0 Å². The van der Waals surface area contributed by atoms with Gasteiger partial charge in [-0.25, -0.2) is 0 Å². The quantitative estimate of drug-likeness (QED) is 0.586. The standard InChI is InChI=1S/C16H35N3O/c1-15(2)20-13-7-10-17-11-12-19(5)14-16(18(3)4)8-6-9-16/h15,17H,6-14H2,1-5H3. The van der Waals surface area contributed by atoms with Gasteiger partial charge < -0.3 is 19.9 Å². The average Bonchev–Trinajstić information content (AvgIpc) is 2.31. The zero-order valence-corrected chi connectivity index (χ0v) is 14.2. The van der Waals surface area contributed by atoms with Crippen LogP contribution in [0.3, 0.4) is 0 Å². The maximum absolute atomic E-state index is 5.53. The van der Waals surface area contributed by atoms with Gasteiger partial charge in [0.1, 0.15) is 0 Å². The highest BCUT2D eigenvalue weighted by Crippen LogP contribution is 2.36. The van der Waals surface area contributed by atoms with Crippen LogP contribution < -0.4 is 5.32 Å².